The first-order valence-corrected chi connectivity index (χ1v) is 6.22. The molecule has 3 rings (SSSR count). The molecular formula is C15H13N3O2. The molecule has 0 bridgehead atoms. The predicted molar refractivity (Wildman–Crippen MR) is 76.5 cm³/mol. The number of anilines is 1. The second kappa shape index (κ2) is 5.05. The lowest BCUT2D eigenvalue weighted by Gasteiger charge is -2.28. The number of carboxylic acid groups (broad SMARTS) is 1. The lowest BCUT2D eigenvalue weighted by atomic mass is 10.1. The second-order valence-electron chi connectivity index (χ2n) is 4.39. The van der Waals surface area contributed by atoms with Crippen molar-refractivity contribution in [3.05, 3.63) is 66.2 Å². The van der Waals surface area contributed by atoms with E-state index in [2.05, 4.69) is 5.10 Å². The lowest BCUT2D eigenvalue weighted by Crippen LogP contribution is -2.35. The van der Waals surface area contributed by atoms with Crippen LogP contribution in [-0.4, -0.2) is 22.4 Å². The molecule has 0 fully saturated rings. The summed E-state index contributed by atoms with van der Waals surface area (Å²) in [6.45, 7) is 0. The minimum atomic E-state index is -1.03. The van der Waals surface area contributed by atoms with Crippen LogP contribution >= 0.6 is 0 Å². The fourth-order valence-electron chi connectivity index (χ4n) is 2.22. The molecular weight excluding hydrogens is 254 g/mol. The van der Waals surface area contributed by atoms with Crippen LogP contribution in [-0.2, 0) is 0 Å². The number of hydrogen-bond donors (Lipinski definition) is 1. The summed E-state index contributed by atoms with van der Waals surface area (Å²) in [5.41, 5.74) is 1.72. The molecule has 2 aromatic rings. The Morgan fingerprint density at radius 3 is 2.20 bits per heavy atom. The third-order valence-corrected chi connectivity index (χ3v) is 3.13. The van der Waals surface area contributed by atoms with Crippen LogP contribution in [0.2, 0.25) is 0 Å². The van der Waals surface area contributed by atoms with Crippen LogP contribution in [0.1, 0.15) is 11.7 Å². The molecule has 1 atom stereocenters. The highest BCUT2D eigenvalue weighted by Crippen LogP contribution is 2.33. The summed E-state index contributed by atoms with van der Waals surface area (Å²) in [4.78, 5) is 12.6. The largest absolute Gasteiger partial charge is 0.465 e. The molecule has 0 radical (unpaired) electrons. The molecule has 0 saturated carbocycles. The van der Waals surface area contributed by atoms with E-state index >= 15 is 0 Å². The number of amides is 1. The van der Waals surface area contributed by atoms with Crippen molar-refractivity contribution in [2.75, 3.05) is 5.01 Å². The predicted octanol–water partition coefficient (Wildman–Crippen LogP) is 3.13. The number of nitrogens with zero attached hydrogens (tertiary/aromatic N) is 3. The van der Waals surface area contributed by atoms with Crippen LogP contribution < -0.4 is 5.01 Å². The van der Waals surface area contributed by atoms with Crippen LogP contribution in [0.4, 0.5) is 10.5 Å². The smallest absolute Gasteiger partial charge is 0.414 e. The number of carbonyl (C=O) groups is 1. The Hall–Kier alpha value is -2.82. The maximum absolute atomic E-state index is 11.4. The van der Waals surface area contributed by atoms with E-state index < -0.39 is 12.3 Å². The van der Waals surface area contributed by atoms with Crippen molar-refractivity contribution in [1.82, 2.24) is 4.90 Å². The monoisotopic (exact) mass is 267 g/mol. The first-order chi connectivity index (χ1) is 9.77. The minimum absolute atomic E-state index is 0.476. The van der Waals surface area contributed by atoms with Crippen molar-refractivity contribution in [2.45, 2.75) is 6.17 Å². The van der Waals surface area contributed by atoms with Gasteiger partial charge in [-0.25, -0.2) is 14.7 Å². The van der Waals surface area contributed by atoms with Crippen LogP contribution in [0, 0.1) is 0 Å². The van der Waals surface area contributed by atoms with E-state index in [0.717, 1.165) is 11.3 Å². The molecule has 0 aromatic heterocycles. The highest BCUT2D eigenvalue weighted by Gasteiger charge is 2.34. The molecule has 1 aliphatic heterocycles. The van der Waals surface area contributed by atoms with E-state index in [1.807, 2.05) is 60.7 Å². The quantitative estimate of drug-likeness (QED) is 0.909. The van der Waals surface area contributed by atoms with Crippen molar-refractivity contribution in [3.63, 3.8) is 0 Å². The van der Waals surface area contributed by atoms with Crippen LogP contribution in [0.3, 0.4) is 0 Å². The molecule has 0 saturated heterocycles. The number of hydrazone groups is 1. The Morgan fingerprint density at radius 2 is 1.60 bits per heavy atom. The first kappa shape index (κ1) is 12.2. The second-order valence-corrected chi connectivity index (χ2v) is 4.39. The van der Waals surface area contributed by atoms with Gasteiger partial charge < -0.3 is 5.11 Å². The lowest BCUT2D eigenvalue weighted by molar-refractivity contribution is 0.161. The van der Waals surface area contributed by atoms with E-state index in [1.54, 1.807) is 5.01 Å². The molecule has 5 heteroatoms. The highest BCUT2D eigenvalue weighted by molar-refractivity contribution is 5.85. The van der Waals surface area contributed by atoms with Gasteiger partial charge in [-0.3, -0.25) is 0 Å². The summed E-state index contributed by atoms with van der Waals surface area (Å²) in [6.07, 6.45) is -0.162. The van der Waals surface area contributed by atoms with Crippen LogP contribution in [0.25, 0.3) is 0 Å². The van der Waals surface area contributed by atoms with Gasteiger partial charge in [0.05, 0.1) is 5.69 Å². The summed E-state index contributed by atoms with van der Waals surface area (Å²) >= 11 is 0. The van der Waals surface area contributed by atoms with Gasteiger partial charge in [0.15, 0.2) is 6.17 Å². The zero-order valence-corrected chi connectivity index (χ0v) is 10.6. The fourth-order valence-corrected chi connectivity index (χ4v) is 2.22. The van der Waals surface area contributed by atoms with Gasteiger partial charge >= 0.3 is 6.09 Å². The molecule has 1 N–H and O–H groups in total. The van der Waals surface area contributed by atoms with Gasteiger partial charge in [-0.15, -0.1) is 0 Å². The average molecular weight is 267 g/mol. The summed E-state index contributed by atoms with van der Waals surface area (Å²) < 4.78 is 0. The highest BCUT2D eigenvalue weighted by atomic mass is 16.4. The van der Waals surface area contributed by atoms with Gasteiger partial charge in [-0.05, 0) is 17.7 Å². The SMILES string of the molecule is O=C(O)N1C=NN(c2ccccc2)C1c1ccccc1. The van der Waals surface area contributed by atoms with Gasteiger partial charge in [0.2, 0.25) is 0 Å². The first-order valence-electron chi connectivity index (χ1n) is 6.22. The van der Waals surface area contributed by atoms with Crippen LogP contribution in [0.15, 0.2) is 65.8 Å². The van der Waals surface area contributed by atoms with Gasteiger partial charge in [0.1, 0.15) is 6.34 Å². The van der Waals surface area contributed by atoms with Crippen molar-refractivity contribution >= 4 is 18.1 Å². The van der Waals surface area contributed by atoms with Gasteiger partial charge in [0, 0.05) is 0 Å². The molecule has 1 unspecified atom stereocenters. The molecule has 5 nitrogen and oxygen atoms in total. The maximum Gasteiger partial charge on any atom is 0.414 e. The van der Waals surface area contributed by atoms with E-state index in [4.69, 9.17) is 0 Å². The Bertz CT molecular complexity index is 628. The Balaban J connectivity index is 2.02. The third-order valence-electron chi connectivity index (χ3n) is 3.13. The molecule has 2 aromatic carbocycles. The summed E-state index contributed by atoms with van der Waals surface area (Å²) in [6, 6.07) is 19.0. The van der Waals surface area contributed by atoms with Crippen molar-refractivity contribution in [1.29, 1.82) is 0 Å². The molecule has 1 amide bonds. The molecule has 1 heterocycles. The van der Waals surface area contributed by atoms with Crippen molar-refractivity contribution < 1.29 is 9.90 Å². The number of para-hydroxylation sites is 1. The number of benzene rings is 2. The summed E-state index contributed by atoms with van der Waals surface area (Å²) in [5, 5.41) is 15.2. The molecule has 100 valence electrons. The zero-order chi connectivity index (χ0) is 13.9. The topological polar surface area (TPSA) is 56.1 Å². The summed E-state index contributed by atoms with van der Waals surface area (Å²) in [7, 11) is 0. The number of hydrogen-bond acceptors (Lipinski definition) is 3. The summed E-state index contributed by atoms with van der Waals surface area (Å²) in [5.74, 6) is 0. The standard InChI is InChI=1S/C15H13N3O2/c19-15(20)17-11-16-18(13-9-5-2-6-10-13)14(17)12-7-3-1-4-8-12/h1-11,14H,(H,19,20). The molecule has 0 spiro atoms. The maximum atomic E-state index is 11.4. The molecule has 20 heavy (non-hydrogen) atoms. The van der Waals surface area contributed by atoms with E-state index in [1.165, 1.54) is 11.2 Å². The van der Waals surface area contributed by atoms with E-state index in [9.17, 15) is 9.90 Å². The molecule has 1 aliphatic rings. The number of rotatable bonds is 2. The van der Waals surface area contributed by atoms with Crippen molar-refractivity contribution in [3.8, 4) is 0 Å². The fraction of sp³-hybridized carbons (Fsp3) is 0.0667. The van der Waals surface area contributed by atoms with Crippen LogP contribution in [0.5, 0.6) is 0 Å². The zero-order valence-electron chi connectivity index (χ0n) is 10.6. The Labute approximate surface area is 116 Å². The van der Waals surface area contributed by atoms with E-state index in [-0.39, 0.29) is 0 Å². The Morgan fingerprint density at radius 1 is 1.00 bits per heavy atom. The van der Waals surface area contributed by atoms with Gasteiger partial charge in [-0.2, -0.15) is 5.10 Å². The minimum Gasteiger partial charge on any atom is -0.465 e. The van der Waals surface area contributed by atoms with Crippen molar-refractivity contribution in [2.24, 2.45) is 5.10 Å². The van der Waals surface area contributed by atoms with Gasteiger partial charge in [0.25, 0.3) is 0 Å². The van der Waals surface area contributed by atoms with Gasteiger partial charge in [-0.1, -0.05) is 48.5 Å². The average Bonchev–Trinajstić information content (AvgIpc) is 2.94. The molecule has 0 aliphatic carbocycles. The Kier molecular flexibility index (Phi) is 3.09. The third kappa shape index (κ3) is 2.09. The normalized spacial score (nSPS) is 17.5. The van der Waals surface area contributed by atoms with E-state index in [0.29, 0.717) is 0 Å².